The summed E-state index contributed by atoms with van der Waals surface area (Å²) in [4.78, 5) is 37.3. The quantitative estimate of drug-likeness (QED) is 0.0562. The molecule has 2 aromatic carbocycles. The average molecular weight is 852 g/mol. The van der Waals surface area contributed by atoms with Crippen molar-refractivity contribution >= 4 is 44.0 Å². The van der Waals surface area contributed by atoms with Gasteiger partial charge in [-0.25, -0.2) is 18.1 Å². The summed E-state index contributed by atoms with van der Waals surface area (Å²) in [5, 5.41) is 16.1. The van der Waals surface area contributed by atoms with E-state index < -0.39 is 25.7 Å². The molecule has 0 spiro atoms. The van der Waals surface area contributed by atoms with Crippen LogP contribution in [0.3, 0.4) is 0 Å². The van der Waals surface area contributed by atoms with Crippen molar-refractivity contribution in [3.05, 3.63) is 99.9 Å². The number of ether oxygens (including phenoxy) is 1. The van der Waals surface area contributed by atoms with Crippen molar-refractivity contribution in [3.63, 3.8) is 0 Å². The number of nitrogens with zero attached hydrogens (tertiary/aromatic N) is 4. The molecule has 326 valence electrons. The van der Waals surface area contributed by atoms with E-state index in [4.69, 9.17) is 4.74 Å². The molecule has 13 nitrogen and oxygen atoms in total. The minimum absolute atomic E-state index is 0.0137. The van der Waals surface area contributed by atoms with E-state index in [0.29, 0.717) is 35.2 Å². The van der Waals surface area contributed by atoms with Crippen molar-refractivity contribution in [1.29, 1.82) is 0 Å². The Hall–Kier alpha value is -5.21. The summed E-state index contributed by atoms with van der Waals surface area (Å²) < 4.78 is 35.9. The molecule has 1 aliphatic heterocycles. The van der Waals surface area contributed by atoms with Gasteiger partial charge in [-0.15, -0.1) is 0 Å². The first-order valence-corrected chi connectivity index (χ1v) is 23.3. The first-order chi connectivity index (χ1) is 29.2. The van der Waals surface area contributed by atoms with E-state index in [1.54, 1.807) is 47.8 Å². The highest BCUT2D eigenvalue weighted by molar-refractivity contribution is 7.90. The first-order valence-electron chi connectivity index (χ1n) is 21.8. The Morgan fingerprint density at radius 1 is 1.05 bits per heavy atom. The Balaban J connectivity index is 1.08. The van der Waals surface area contributed by atoms with E-state index in [-0.39, 0.29) is 22.7 Å². The maximum atomic E-state index is 13.9. The summed E-state index contributed by atoms with van der Waals surface area (Å²) in [5.74, 6) is 0.658. The largest absolute Gasteiger partial charge is 0.455 e. The number of rotatable bonds is 16. The molecule has 61 heavy (non-hydrogen) atoms. The fraction of sp³-hybridized carbons (Fsp3) is 0.489. The Morgan fingerprint density at radius 3 is 2.56 bits per heavy atom. The first kappa shape index (κ1) is 43.9. The number of hydrogen-bond donors (Lipinski definition) is 3. The van der Waals surface area contributed by atoms with E-state index in [2.05, 4.69) is 64.1 Å². The molecular formula is C47H61N7O6S. The number of nitro groups is 1. The van der Waals surface area contributed by atoms with Gasteiger partial charge in [0.25, 0.3) is 21.6 Å². The van der Waals surface area contributed by atoms with Gasteiger partial charge in [-0.1, -0.05) is 63.8 Å². The Bertz CT molecular complexity index is 2390. The topological polar surface area (TPSA) is 163 Å². The van der Waals surface area contributed by atoms with Crippen LogP contribution in [0.4, 0.5) is 17.1 Å². The fourth-order valence-corrected chi connectivity index (χ4v) is 9.92. The molecular weight excluding hydrogens is 791 g/mol. The maximum absolute atomic E-state index is 13.9. The summed E-state index contributed by atoms with van der Waals surface area (Å²) in [7, 11) is -4.53. The van der Waals surface area contributed by atoms with E-state index >= 15 is 0 Å². The molecule has 3 heterocycles. The number of hydrogen-bond acceptors (Lipinski definition) is 10. The monoisotopic (exact) mass is 851 g/mol. The second-order valence-electron chi connectivity index (χ2n) is 18.2. The molecule has 0 radical (unpaired) electrons. The van der Waals surface area contributed by atoms with Gasteiger partial charge in [-0.3, -0.25) is 19.8 Å². The molecule has 4 aromatic rings. The molecule has 0 atom stereocenters. The predicted octanol–water partition coefficient (Wildman–Crippen LogP) is 10.00. The summed E-state index contributed by atoms with van der Waals surface area (Å²) >= 11 is 0. The summed E-state index contributed by atoms with van der Waals surface area (Å²) in [6.07, 6.45) is 14.2. The molecule has 2 fully saturated rings. The normalized spacial score (nSPS) is 19.8. The van der Waals surface area contributed by atoms with Gasteiger partial charge in [0.1, 0.15) is 22.8 Å². The summed E-state index contributed by atoms with van der Waals surface area (Å²) in [6, 6.07) is 12.5. The number of carbonyl (C=O) groups excluding carboxylic acids is 1. The predicted molar refractivity (Wildman–Crippen MR) is 242 cm³/mol. The van der Waals surface area contributed by atoms with Crippen molar-refractivity contribution in [2.45, 2.75) is 96.8 Å². The van der Waals surface area contributed by atoms with Crippen molar-refractivity contribution in [2.75, 3.05) is 49.5 Å². The number of benzene rings is 2. The minimum Gasteiger partial charge on any atom is -0.455 e. The molecule has 2 aromatic heterocycles. The lowest BCUT2D eigenvalue weighted by atomic mass is 9.73. The summed E-state index contributed by atoms with van der Waals surface area (Å²) in [6.45, 7) is 18.2. The number of H-pyrrole nitrogens is 1. The highest BCUT2D eigenvalue weighted by atomic mass is 32.2. The number of aromatic amines is 1. The third-order valence-electron chi connectivity index (χ3n) is 13.0. The van der Waals surface area contributed by atoms with Crippen LogP contribution in [-0.2, 0) is 10.0 Å². The van der Waals surface area contributed by atoms with Crippen LogP contribution >= 0.6 is 0 Å². The second-order valence-corrected chi connectivity index (χ2v) is 19.8. The van der Waals surface area contributed by atoms with Crippen molar-refractivity contribution < 1.29 is 22.9 Å². The number of aromatic nitrogens is 2. The lowest BCUT2D eigenvalue weighted by Gasteiger charge is -2.39. The average Bonchev–Trinajstić information content (AvgIpc) is 3.71. The van der Waals surface area contributed by atoms with Gasteiger partial charge in [0.15, 0.2) is 0 Å². The zero-order chi connectivity index (χ0) is 43.3. The smallest absolute Gasteiger partial charge is 0.293 e. The molecule has 3 aliphatic rings. The molecule has 14 heteroatoms. The van der Waals surface area contributed by atoms with Gasteiger partial charge in [0.05, 0.1) is 21.6 Å². The molecule has 1 amide bonds. The van der Waals surface area contributed by atoms with Gasteiger partial charge < -0.3 is 19.9 Å². The minimum atomic E-state index is -4.53. The highest BCUT2D eigenvalue weighted by Gasteiger charge is 2.30. The molecule has 1 saturated carbocycles. The van der Waals surface area contributed by atoms with Gasteiger partial charge in [-0.05, 0) is 105 Å². The Morgan fingerprint density at radius 2 is 1.82 bits per heavy atom. The van der Waals surface area contributed by atoms with E-state index in [1.807, 2.05) is 6.07 Å². The van der Waals surface area contributed by atoms with E-state index in [0.717, 1.165) is 108 Å². The zero-order valence-corrected chi connectivity index (χ0v) is 36.9. The van der Waals surface area contributed by atoms with Crippen LogP contribution in [0, 0.1) is 27.4 Å². The number of fused-ring (bicyclic) bond motifs is 1. The lowest BCUT2D eigenvalue weighted by molar-refractivity contribution is -0.384. The number of sulfonamides is 1. The number of nitro benzene ring substituents is 1. The molecule has 2 aliphatic carbocycles. The Kier molecular flexibility index (Phi) is 13.5. The van der Waals surface area contributed by atoms with Crippen LogP contribution in [0.5, 0.6) is 11.5 Å². The highest BCUT2D eigenvalue weighted by Crippen LogP contribution is 2.41. The lowest BCUT2D eigenvalue weighted by Crippen LogP contribution is -2.47. The molecule has 0 bridgehead atoms. The molecule has 3 N–H and O–H groups in total. The third-order valence-corrected chi connectivity index (χ3v) is 14.3. The number of anilines is 2. The van der Waals surface area contributed by atoms with Gasteiger partial charge in [-0.2, -0.15) is 0 Å². The standard InChI is InChI=1S/C47H61N7O6S/c1-6-32(2)9-12-36-28-47(4,5)19-17-37(36)31-52-21-23-53(24-22-52)38-13-15-41(44(26-38)60-39-25-35-18-20-48-45(35)50-30-39)46(55)51-61(58,59)40-14-16-42(43(27-40)54(56)57)49-29-34-10-7-33(3)8-11-34/h13-16,18,20,25-27,30,33-34,49H,2,6-12,17,19,21-24,28-29,31H2,1,3-5H3,(H,48,50)(H,51,55). The number of nitrogens with one attached hydrogen (secondary N) is 3. The van der Waals surface area contributed by atoms with Gasteiger partial charge in [0.2, 0.25) is 0 Å². The second kappa shape index (κ2) is 18.8. The van der Waals surface area contributed by atoms with E-state index in [9.17, 15) is 23.3 Å². The van der Waals surface area contributed by atoms with Crippen molar-refractivity contribution in [1.82, 2.24) is 19.6 Å². The summed E-state index contributed by atoms with van der Waals surface area (Å²) in [5.41, 5.74) is 6.17. The van der Waals surface area contributed by atoms with Crippen molar-refractivity contribution in [2.24, 2.45) is 17.3 Å². The van der Waals surface area contributed by atoms with Crippen LogP contribution in [0.1, 0.15) is 102 Å². The van der Waals surface area contributed by atoms with Gasteiger partial charge >= 0.3 is 0 Å². The third kappa shape index (κ3) is 11.0. The van der Waals surface area contributed by atoms with Crippen molar-refractivity contribution in [3.8, 4) is 11.5 Å². The van der Waals surface area contributed by atoms with Crippen LogP contribution in [0.25, 0.3) is 11.0 Å². The number of carbonyl (C=O) groups is 1. The van der Waals surface area contributed by atoms with Gasteiger partial charge in [0, 0.05) is 68.7 Å². The fourth-order valence-electron chi connectivity index (χ4n) is 8.94. The SMILES string of the molecule is C=C(CC)CCC1=C(CN2CCN(c3ccc(C(=O)NS(=O)(=O)c4ccc(NCC5CCC(C)CC5)c([N+](=O)[O-])c4)c(Oc4cnc5[nH]ccc5c4)c3)CC2)CCC(C)(C)C1. The number of allylic oxidation sites excluding steroid dienone is 2. The van der Waals surface area contributed by atoms with Crippen LogP contribution in [0.2, 0.25) is 0 Å². The number of pyridine rings is 1. The molecule has 7 rings (SSSR count). The molecule has 1 saturated heterocycles. The van der Waals surface area contributed by atoms with Crippen LogP contribution < -0.4 is 19.7 Å². The zero-order valence-electron chi connectivity index (χ0n) is 36.1. The molecule has 0 unspecified atom stereocenters. The Labute approximate surface area is 360 Å². The van der Waals surface area contributed by atoms with Crippen LogP contribution in [0.15, 0.2) is 89.1 Å². The van der Waals surface area contributed by atoms with Crippen LogP contribution in [-0.4, -0.2) is 73.4 Å². The number of amides is 1. The number of piperazine rings is 1. The maximum Gasteiger partial charge on any atom is 0.293 e. The van der Waals surface area contributed by atoms with E-state index in [1.165, 1.54) is 24.1 Å².